The number of rotatable bonds is 7. The minimum atomic E-state index is -0.488. The number of piperazine rings is 1. The Hall–Kier alpha value is -5.13. The molecule has 0 radical (unpaired) electrons. The van der Waals surface area contributed by atoms with E-state index in [-0.39, 0.29) is 11.8 Å². The zero-order valence-corrected chi connectivity index (χ0v) is 24.8. The number of carbonyl (C=O) groups is 3. The molecule has 1 fully saturated rings. The summed E-state index contributed by atoms with van der Waals surface area (Å²) < 4.78 is 4.85. The van der Waals surface area contributed by atoms with Crippen LogP contribution in [-0.4, -0.2) is 91.5 Å². The molecule has 1 saturated heterocycles. The third-order valence-electron chi connectivity index (χ3n) is 8.05. The molecule has 0 spiro atoms. The summed E-state index contributed by atoms with van der Waals surface area (Å²) in [5, 5.41) is 6.34. The Morgan fingerprint density at radius 1 is 0.932 bits per heavy atom. The van der Waals surface area contributed by atoms with Crippen LogP contribution in [0.25, 0.3) is 22.3 Å². The molecule has 2 amide bonds. The second kappa shape index (κ2) is 12.2. The number of nitrogens with one attached hydrogen (secondary N) is 2. The first-order valence-corrected chi connectivity index (χ1v) is 14.3. The summed E-state index contributed by atoms with van der Waals surface area (Å²) in [5.41, 5.74) is 6.12. The predicted molar refractivity (Wildman–Crippen MR) is 170 cm³/mol. The fourth-order valence-corrected chi connectivity index (χ4v) is 5.42. The highest BCUT2D eigenvalue weighted by Gasteiger charge is 2.30. The van der Waals surface area contributed by atoms with E-state index in [1.165, 1.54) is 7.11 Å². The van der Waals surface area contributed by atoms with Crippen molar-refractivity contribution in [3.05, 3.63) is 89.7 Å². The number of methoxy groups -OCH3 is 1. The highest BCUT2D eigenvalue weighted by atomic mass is 16.5. The van der Waals surface area contributed by atoms with Gasteiger partial charge >= 0.3 is 5.97 Å². The summed E-state index contributed by atoms with van der Waals surface area (Å²) in [4.78, 5) is 53.5. The standard InChI is InChI=1S/C33H33N7O4/c1-38-14-16-40(17-15-38)20-29(41)39(2)24-8-6-23(7-9-24)36-31(21-5-11-26-28(18-21)35-13-12-34-26)30-25-10-4-22(33(43)44-3)19-27(25)37-32(30)42/h4-13,18-19,36H,14-17,20H2,1-3H3,(H,37,42). The number of anilines is 3. The van der Waals surface area contributed by atoms with Gasteiger partial charge in [-0.3, -0.25) is 24.5 Å². The van der Waals surface area contributed by atoms with Crippen LogP contribution in [0.5, 0.6) is 0 Å². The summed E-state index contributed by atoms with van der Waals surface area (Å²) in [6.07, 6.45) is 3.26. The number of nitrogens with zero attached hydrogens (tertiary/aromatic N) is 5. The number of hydrogen-bond donors (Lipinski definition) is 2. The number of amides is 2. The molecule has 44 heavy (non-hydrogen) atoms. The summed E-state index contributed by atoms with van der Waals surface area (Å²) in [7, 11) is 5.19. The summed E-state index contributed by atoms with van der Waals surface area (Å²) in [6, 6.07) is 18.1. The number of hydrogen-bond acceptors (Lipinski definition) is 9. The van der Waals surface area contributed by atoms with Crippen molar-refractivity contribution < 1.29 is 19.1 Å². The van der Waals surface area contributed by atoms with E-state index in [0.29, 0.717) is 40.1 Å². The van der Waals surface area contributed by atoms with Crippen LogP contribution in [0.1, 0.15) is 21.5 Å². The molecule has 11 nitrogen and oxygen atoms in total. The van der Waals surface area contributed by atoms with Crippen molar-refractivity contribution in [3.63, 3.8) is 0 Å². The highest BCUT2D eigenvalue weighted by molar-refractivity contribution is 6.37. The molecule has 0 atom stereocenters. The summed E-state index contributed by atoms with van der Waals surface area (Å²) in [6.45, 7) is 4.02. The van der Waals surface area contributed by atoms with Crippen LogP contribution in [-0.2, 0) is 14.3 Å². The molecule has 4 aromatic rings. The van der Waals surface area contributed by atoms with Gasteiger partial charge in [-0.2, -0.15) is 0 Å². The number of aromatic nitrogens is 2. The van der Waals surface area contributed by atoms with Gasteiger partial charge in [0.1, 0.15) is 0 Å². The van der Waals surface area contributed by atoms with Gasteiger partial charge in [-0.1, -0.05) is 12.1 Å². The van der Waals surface area contributed by atoms with Gasteiger partial charge in [0.25, 0.3) is 5.91 Å². The van der Waals surface area contributed by atoms with Gasteiger partial charge in [0.15, 0.2) is 0 Å². The molecular formula is C33H33N7O4. The molecule has 0 saturated carbocycles. The van der Waals surface area contributed by atoms with E-state index in [4.69, 9.17) is 4.74 Å². The molecule has 6 rings (SSSR count). The smallest absolute Gasteiger partial charge is 0.337 e. The van der Waals surface area contributed by atoms with Crippen molar-refractivity contribution in [2.45, 2.75) is 0 Å². The Bertz CT molecular complexity index is 1780. The molecule has 1 aromatic heterocycles. The van der Waals surface area contributed by atoms with E-state index in [1.807, 2.05) is 42.5 Å². The lowest BCUT2D eigenvalue weighted by molar-refractivity contribution is -0.119. The minimum Gasteiger partial charge on any atom is -0.465 e. The van der Waals surface area contributed by atoms with Gasteiger partial charge in [0, 0.05) is 68.1 Å². The van der Waals surface area contributed by atoms with Crippen molar-refractivity contribution in [1.82, 2.24) is 19.8 Å². The Morgan fingerprint density at radius 2 is 1.64 bits per heavy atom. The molecule has 0 bridgehead atoms. The minimum absolute atomic E-state index is 0.0286. The number of fused-ring (bicyclic) bond motifs is 2. The van der Waals surface area contributed by atoms with Crippen molar-refractivity contribution in [2.75, 3.05) is 69.5 Å². The number of ether oxygens (including phenoxy) is 1. The quantitative estimate of drug-likeness (QED) is 0.246. The molecular weight excluding hydrogens is 558 g/mol. The first kappa shape index (κ1) is 29.0. The van der Waals surface area contributed by atoms with Crippen molar-refractivity contribution in [3.8, 4) is 0 Å². The van der Waals surface area contributed by atoms with E-state index in [2.05, 4.69) is 37.4 Å². The lowest BCUT2D eigenvalue weighted by atomic mass is 9.98. The van der Waals surface area contributed by atoms with Gasteiger partial charge < -0.3 is 25.2 Å². The predicted octanol–water partition coefficient (Wildman–Crippen LogP) is 3.56. The molecule has 11 heteroatoms. The monoisotopic (exact) mass is 591 g/mol. The molecule has 2 aliphatic heterocycles. The largest absolute Gasteiger partial charge is 0.465 e. The van der Waals surface area contributed by atoms with Crippen LogP contribution in [0.15, 0.2) is 73.1 Å². The van der Waals surface area contributed by atoms with Crippen LogP contribution < -0.4 is 15.5 Å². The van der Waals surface area contributed by atoms with Gasteiger partial charge in [-0.15, -0.1) is 0 Å². The van der Waals surface area contributed by atoms with Gasteiger partial charge in [0.2, 0.25) is 5.91 Å². The van der Waals surface area contributed by atoms with Crippen molar-refractivity contribution in [1.29, 1.82) is 0 Å². The average Bonchev–Trinajstić information content (AvgIpc) is 3.38. The van der Waals surface area contributed by atoms with Crippen LogP contribution in [0.3, 0.4) is 0 Å². The van der Waals surface area contributed by atoms with E-state index >= 15 is 0 Å². The lowest BCUT2D eigenvalue weighted by Gasteiger charge is -2.32. The highest BCUT2D eigenvalue weighted by Crippen LogP contribution is 2.38. The average molecular weight is 592 g/mol. The molecule has 3 aromatic carbocycles. The fraction of sp³-hybridized carbons (Fsp3) is 0.242. The number of benzene rings is 3. The molecule has 0 unspecified atom stereocenters. The second-order valence-electron chi connectivity index (χ2n) is 10.9. The zero-order valence-electron chi connectivity index (χ0n) is 24.8. The Morgan fingerprint density at radius 3 is 2.36 bits per heavy atom. The van der Waals surface area contributed by atoms with Crippen LogP contribution in [0, 0.1) is 0 Å². The number of likely N-dealkylation sites (N-methyl/N-ethyl adjacent to an activating group) is 2. The van der Waals surface area contributed by atoms with Gasteiger partial charge in [0.05, 0.1) is 47.2 Å². The second-order valence-corrected chi connectivity index (χ2v) is 10.9. The number of esters is 1. The molecule has 3 heterocycles. The van der Waals surface area contributed by atoms with E-state index < -0.39 is 5.97 Å². The Labute approximate surface area is 255 Å². The SMILES string of the molecule is COC(=O)c1ccc2c(c1)NC(=O)C2=C(Nc1ccc(N(C)C(=O)CN2CCN(C)CC2)cc1)c1ccc2nccnc2c1. The van der Waals surface area contributed by atoms with Crippen LogP contribution >= 0.6 is 0 Å². The summed E-state index contributed by atoms with van der Waals surface area (Å²) in [5.74, 6) is -0.770. The lowest BCUT2D eigenvalue weighted by Crippen LogP contribution is -2.48. The normalized spacial score (nSPS) is 16.3. The molecule has 224 valence electrons. The van der Waals surface area contributed by atoms with Gasteiger partial charge in [-0.25, -0.2) is 4.79 Å². The van der Waals surface area contributed by atoms with E-state index in [9.17, 15) is 14.4 Å². The Kier molecular flexibility index (Phi) is 8.05. The maximum atomic E-state index is 13.4. The van der Waals surface area contributed by atoms with E-state index in [0.717, 1.165) is 48.6 Å². The Balaban J connectivity index is 1.32. The summed E-state index contributed by atoms with van der Waals surface area (Å²) >= 11 is 0. The van der Waals surface area contributed by atoms with Crippen LogP contribution in [0.2, 0.25) is 0 Å². The van der Waals surface area contributed by atoms with E-state index in [1.54, 1.807) is 42.5 Å². The third kappa shape index (κ3) is 5.87. The van der Waals surface area contributed by atoms with Gasteiger partial charge in [-0.05, 0) is 55.6 Å². The van der Waals surface area contributed by atoms with Crippen LogP contribution in [0.4, 0.5) is 17.1 Å². The number of carbonyl (C=O) groups excluding carboxylic acids is 3. The first-order valence-electron chi connectivity index (χ1n) is 14.3. The topological polar surface area (TPSA) is 120 Å². The fourth-order valence-electron chi connectivity index (χ4n) is 5.42. The third-order valence-corrected chi connectivity index (χ3v) is 8.05. The molecule has 2 aliphatic rings. The maximum absolute atomic E-state index is 13.4. The zero-order chi connectivity index (χ0) is 30.8. The maximum Gasteiger partial charge on any atom is 0.337 e. The van der Waals surface area contributed by atoms with Crippen molar-refractivity contribution in [2.24, 2.45) is 0 Å². The van der Waals surface area contributed by atoms with Crippen molar-refractivity contribution >= 4 is 57.1 Å². The molecule has 0 aliphatic carbocycles. The first-order chi connectivity index (χ1) is 21.3. The molecule has 2 N–H and O–H groups in total.